The van der Waals surface area contributed by atoms with Crippen molar-refractivity contribution in [3.05, 3.63) is 71.8 Å². The summed E-state index contributed by atoms with van der Waals surface area (Å²) in [5.41, 5.74) is 4.90. The normalized spacial score (nSPS) is 10.4. The average Bonchev–Trinajstić information content (AvgIpc) is 2.67. The predicted molar refractivity (Wildman–Crippen MR) is 102 cm³/mol. The molecule has 3 aromatic carbocycles. The molecule has 0 amide bonds. The van der Waals surface area contributed by atoms with Gasteiger partial charge in [0, 0.05) is 0 Å². The predicted octanol–water partition coefficient (Wildman–Crippen LogP) is 5.04. The Kier molecular flexibility index (Phi) is 4.94. The van der Waals surface area contributed by atoms with Gasteiger partial charge < -0.3 is 14.6 Å². The molecule has 0 unspecified atom stereocenters. The molecule has 26 heavy (non-hydrogen) atoms. The van der Waals surface area contributed by atoms with Crippen molar-refractivity contribution in [2.24, 2.45) is 0 Å². The van der Waals surface area contributed by atoms with Gasteiger partial charge in [0.1, 0.15) is 0 Å². The number of methoxy groups -OCH3 is 2. The van der Waals surface area contributed by atoms with Crippen LogP contribution in [0, 0.1) is 6.92 Å². The summed E-state index contributed by atoms with van der Waals surface area (Å²) in [5.74, 6) is 0.271. The van der Waals surface area contributed by atoms with Crippen LogP contribution < -0.4 is 9.47 Å². The van der Waals surface area contributed by atoms with Crippen LogP contribution in [-0.2, 0) is 0 Å². The molecule has 132 valence electrons. The Balaban J connectivity index is 2.15. The maximum Gasteiger partial charge on any atom is 0.335 e. The third kappa shape index (κ3) is 3.54. The molecule has 0 heterocycles. The number of aryl methyl sites for hydroxylation is 1. The summed E-state index contributed by atoms with van der Waals surface area (Å²) < 4.78 is 10.6. The van der Waals surface area contributed by atoms with Crippen LogP contribution in [0.15, 0.2) is 60.7 Å². The molecule has 0 saturated heterocycles. The first kappa shape index (κ1) is 17.5. The minimum absolute atomic E-state index is 0.243. The summed E-state index contributed by atoms with van der Waals surface area (Å²) >= 11 is 0. The first-order valence-electron chi connectivity index (χ1n) is 8.19. The first-order valence-corrected chi connectivity index (χ1v) is 8.19. The van der Waals surface area contributed by atoms with Crippen molar-refractivity contribution in [2.45, 2.75) is 6.92 Å². The molecule has 0 bridgehead atoms. The van der Waals surface area contributed by atoms with Crippen molar-refractivity contribution in [1.82, 2.24) is 0 Å². The lowest BCUT2D eigenvalue weighted by molar-refractivity contribution is 0.0697. The second-order valence-corrected chi connectivity index (χ2v) is 6.04. The van der Waals surface area contributed by atoms with E-state index in [0.29, 0.717) is 11.5 Å². The molecule has 0 aromatic heterocycles. The topological polar surface area (TPSA) is 55.8 Å². The molecule has 3 aromatic rings. The highest BCUT2D eigenvalue weighted by Crippen LogP contribution is 2.34. The molecule has 0 atom stereocenters. The molecule has 4 heteroatoms. The van der Waals surface area contributed by atoms with Crippen LogP contribution in [0.25, 0.3) is 22.3 Å². The average molecular weight is 348 g/mol. The van der Waals surface area contributed by atoms with E-state index in [9.17, 15) is 9.90 Å². The number of benzene rings is 3. The summed E-state index contributed by atoms with van der Waals surface area (Å²) in [6.07, 6.45) is 0. The Hall–Kier alpha value is -3.27. The molecule has 1 N–H and O–H groups in total. The van der Waals surface area contributed by atoms with E-state index in [-0.39, 0.29) is 5.56 Å². The summed E-state index contributed by atoms with van der Waals surface area (Å²) in [5, 5.41) is 9.51. The quantitative estimate of drug-likeness (QED) is 0.701. The first-order chi connectivity index (χ1) is 12.5. The van der Waals surface area contributed by atoms with Gasteiger partial charge in [-0.1, -0.05) is 35.9 Å². The SMILES string of the molecule is COc1ccc(-c2cc(C(=O)O)cc(-c3ccc(C)cc3)c2)cc1OC. The Bertz CT molecular complexity index is 943. The summed E-state index contributed by atoms with van der Waals surface area (Å²) in [7, 11) is 3.16. The van der Waals surface area contributed by atoms with Gasteiger partial charge in [-0.25, -0.2) is 4.79 Å². The van der Waals surface area contributed by atoms with E-state index >= 15 is 0 Å². The van der Waals surface area contributed by atoms with Crippen molar-refractivity contribution >= 4 is 5.97 Å². The van der Waals surface area contributed by atoms with Crippen molar-refractivity contribution in [3.63, 3.8) is 0 Å². The van der Waals surface area contributed by atoms with E-state index in [4.69, 9.17) is 9.47 Å². The lowest BCUT2D eigenvalue weighted by Crippen LogP contribution is -1.98. The van der Waals surface area contributed by atoms with Crippen LogP contribution in [-0.4, -0.2) is 25.3 Å². The second-order valence-electron chi connectivity index (χ2n) is 6.04. The minimum Gasteiger partial charge on any atom is -0.493 e. The number of carboxylic acid groups (broad SMARTS) is 1. The standard InChI is InChI=1S/C22H20O4/c1-14-4-6-15(7-5-14)17-10-18(12-19(11-17)22(23)24)16-8-9-20(25-2)21(13-16)26-3/h4-13H,1-3H3,(H,23,24). The minimum atomic E-state index is -0.958. The maximum absolute atomic E-state index is 11.6. The maximum atomic E-state index is 11.6. The molecule has 0 aliphatic rings. The Morgan fingerprint density at radius 1 is 0.731 bits per heavy atom. The van der Waals surface area contributed by atoms with Gasteiger partial charge in [0.2, 0.25) is 0 Å². The summed E-state index contributed by atoms with van der Waals surface area (Å²) in [4.78, 5) is 11.6. The molecule has 0 aliphatic heterocycles. The molecular formula is C22H20O4. The molecule has 4 nitrogen and oxygen atoms in total. The number of carboxylic acids is 1. The van der Waals surface area contributed by atoms with E-state index in [1.165, 1.54) is 0 Å². The summed E-state index contributed by atoms with van der Waals surface area (Å²) in [6.45, 7) is 2.02. The largest absolute Gasteiger partial charge is 0.493 e. The number of carbonyl (C=O) groups is 1. The summed E-state index contributed by atoms with van der Waals surface area (Å²) in [6, 6.07) is 18.9. The van der Waals surface area contributed by atoms with E-state index in [1.54, 1.807) is 26.4 Å². The highest BCUT2D eigenvalue weighted by molar-refractivity contribution is 5.92. The highest BCUT2D eigenvalue weighted by atomic mass is 16.5. The number of rotatable bonds is 5. The van der Waals surface area contributed by atoms with Crippen LogP contribution in [0.3, 0.4) is 0 Å². The van der Waals surface area contributed by atoms with Gasteiger partial charge in [0.25, 0.3) is 0 Å². The zero-order valence-electron chi connectivity index (χ0n) is 14.9. The van der Waals surface area contributed by atoms with E-state index in [0.717, 1.165) is 27.8 Å². The van der Waals surface area contributed by atoms with Crippen molar-refractivity contribution in [3.8, 4) is 33.8 Å². The van der Waals surface area contributed by atoms with Gasteiger partial charge in [0.05, 0.1) is 19.8 Å². The highest BCUT2D eigenvalue weighted by Gasteiger charge is 2.12. The smallest absolute Gasteiger partial charge is 0.335 e. The van der Waals surface area contributed by atoms with Gasteiger partial charge in [0.15, 0.2) is 11.5 Å². The Morgan fingerprint density at radius 3 is 1.88 bits per heavy atom. The fraction of sp³-hybridized carbons (Fsp3) is 0.136. The third-order valence-corrected chi connectivity index (χ3v) is 4.28. The molecule has 0 spiro atoms. The molecule has 3 rings (SSSR count). The number of hydrogen-bond acceptors (Lipinski definition) is 3. The molecule has 0 fully saturated rings. The van der Waals surface area contributed by atoms with Gasteiger partial charge in [-0.05, 0) is 59.5 Å². The van der Waals surface area contributed by atoms with Crippen molar-refractivity contribution < 1.29 is 19.4 Å². The van der Waals surface area contributed by atoms with Crippen LogP contribution in [0.1, 0.15) is 15.9 Å². The lowest BCUT2D eigenvalue weighted by Gasteiger charge is -2.12. The van der Waals surface area contributed by atoms with Gasteiger partial charge >= 0.3 is 5.97 Å². The third-order valence-electron chi connectivity index (χ3n) is 4.28. The second kappa shape index (κ2) is 7.31. The number of aromatic carboxylic acids is 1. The van der Waals surface area contributed by atoms with Crippen LogP contribution in [0.4, 0.5) is 0 Å². The van der Waals surface area contributed by atoms with Gasteiger partial charge in [-0.3, -0.25) is 0 Å². The van der Waals surface area contributed by atoms with E-state index in [1.807, 2.05) is 55.5 Å². The Morgan fingerprint density at radius 2 is 1.31 bits per heavy atom. The zero-order chi connectivity index (χ0) is 18.7. The molecular weight excluding hydrogens is 328 g/mol. The van der Waals surface area contributed by atoms with Crippen LogP contribution in [0.5, 0.6) is 11.5 Å². The zero-order valence-corrected chi connectivity index (χ0v) is 14.9. The fourth-order valence-corrected chi connectivity index (χ4v) is 2.85. The lowest BCUT2D eigenvalue weighted by atomic mass is 9.95. The fourth-order valence-electron chi connectivity index (χ4n) is 2.85. The number of hydrogen-bond donors (Lipinski definition) is 1. The number of ether oxygens (including phenoxy) is 2. The molecule has 0 aliphatic carbocycles. The molecule has 0 radical (unpaired) electrons. The van der Waals surface area contributed by atoms with E-state index in [2.05, 4.69) is 0 Å². The van der Waals surface area contributed by atoms with Gasteiger partial charge in [-0.2, -0.15) is 0 Å². The van der Waals surface area contributed by atoms with Gasteiger partial charge in [-0.15, -0.1) is 0 Å². The van der Waals surface area contributed by atoms with Crippen LogP contribution >= 0.6 is 0 Å². The van der Waals surface area contributed by atoms with Crippen molar-refractivity contribution in [1.29, 1.82) is 0 Å². The molecule has 0 saturated carbocycles. The Labute approximate surface area is 152 Å². The van der Waals surface area contributed by atoms with Crippen LogP contribution in [0.2, 0.25) is 0 Å². The van der Waals surface area contributed by atoms with Crippen molar-refractivity contribution in [2.75, 3.05) is 14.2 Å². The monoisotopic (exact) mass is 348 g/mol. The van der Waals surface area contributed by atoms with E-state index < -0.39 is 5.97 Å².